The second kappa shape index (κ2) is 29.7. The molecule has 11 rings (SSSR count). The van der Waals surface area contributed by atoms with Crippen LogP contribution in [0.3, 0.4) is 0 Å². The van der Waals surface area contributed by atoms with E-state index in [1.807, 2.05) is 0 Å². The van der Waals surface area contributed by atoms with Gasteiger partial charge < -0.3 is 9.80 Å². The first-order valence-electron chi connectivity index (χ1n) is 32.7. The van der Waals surface area contributed by atoms with E-state index >= 15 is 0 Å². The van der Waals surface area contributed by atoms with E-state index in [1.54, 1.807) is 0 Å². The highest BCUT2D eigenvalue weighted by atomic mass is 15.1. The van der Waals surface area contributed by atoms with Gasteiger partial charge in [-0.15, -0.1) is 0 Å². The number of hydrogen-bond donors (Lipinski definition) is 2. The predicted molar refractivity (Wildman–Crippen MR) is 362 cm³/mol. The zero-order chi connectivity index (χ0) is 58.9. The number of rotatable bonds is 27. The number of hydrogen-bond acceptors (Lipinski definition) is 4. The second-order valence-electron chi connectivity index (χ2n) is 24.4. The molecule has 0 unspecified atom stereocenters. The Kier molecular flexibility index (Phi) is 20.5. The van der Waals surface area contributed by atoms with Crippen molar-refractivity contribution in [2.24, 2.45) is 9.98 Å². The van der Waals surface area contributed by atoms with E-state index in [0.29, 0.717) is 0 Å². The Labute approximate surface area is 514 Å². The molecule has 0 amide bonds. The van der Waals surface area contributed by atoms with Crippen molar-refractivity contribution in [1.82, 2.24) is 9.80 Å². The lowest BCUT2D eigenvalue weighted by atomic mass is 9.97. The average molecular weight is 1140 g/mol. The van der Waals surface area contributed by atoms with E-state index in [1.165, 1.54) is 131 Å². The Balaban J connectivity index is 0.719. The first-order chi connectivity index (χ1) is 42.3. The van der Waals surface area contributed by atoms with Crippen molar-refractivity contribution >= 4 is 45.1 Å². The van der Waals surface area contributed by atoms with Gasteiger partial charge in [-0.2, -0.15) is 0 Å². The lowest BCUT2D eigenvalue weighted by molar-refractivity contribution is -0.697. The molecule has 0 spiro atoms. The number of benzene rings is 3. The van der Waals surface area contributed by atoms with Gasteiger partial charge in [0, 0.05) is 86.3 Å². The Bertz CT molecular complexity index is 3560. The maximum Gasteiger partial charge on any atom is 0.218 e. The van der Waals surface area contributed by atoms with Gasteiger partial charge in [-0.25, -0.2) is 24.5 Å². The van der Waals surface area contributed by atoms with Gasteiger partial charge in [-0.3, -0.25) is 0 Å². The third kappa shape index (κ3) is 15.4. The zero-order valence-electron chi connectivity index (χ0n) is 51.8. The quantitative estimate of drug-likeness (QED) is 0.0462. The SMILES string of the molecule is CCCCCCCCCCCCCCCCCCN1C=CC(=C2C=CN(CCCCC[n+]3ccc(C4=C5C=CC(=N5)C(c5ccc(C)cc5)=C5C=CC(=[NH+]5)C(c5ccc(C)cc5)=C5C=CC(=[NH+]5)C(c5ccc(C)cc5)=C5C=CC4=N5)cc3)C=C2)C=C1. The third-order valence-corrected chi connectivity index (χ3v) is 17.7. The van der Waals surface area contributed by atoms with E-state index in [2.05, 4.69) is 247 Å². The molecular formula is C79H90N7+3. The number of nitrogens with one attached hydrogen (secondary N) is 2. The van der Waals surface area contributed by atoms with Gasteiger partial charge in [0.25, 0.3) is 0 Å². The molecule has 0 saturated carbocycles. The smallest absolute Gasteiger partial charge is 0.218 e. The minimum absolute atomic E-state index is 0.884. The van der Waals surface area contributed by atoms with Gasteiger partial charge in [0.15, 0.2) is 12.4 Å². The molecule has 1 aromatic heterocycles. The Morgan fingerprint density at radius 3 is 1.20 bits per heavy atom. The van der Waals surface area contributed by atoms with Crippen LogP contribution in [0, 0.1) is 20.8 Å². The summed E-state index contributed by atoms with van der Waals surface area (Å²) in [5, 5.41) is 0. The second-order valence-corrected chi connectivity index (χ2v) is 24.4. The van der Waals surface area contributed by atoms with Crippen LogP contribution in [0.15, 0.2) is 239 Å². The number of aryl methyl sites for hydroxylation is 4. The molecule has 0 aliphatic carbocycles. The molecule has 2 N–H and O–H groups in total. The third-order valence-electron chi connectivity index (χ3n) is 17.7. The average Bonchev–Trinajstić information content (AvgIpc) is 3.92. The molecule has 0 saturated heterocycles. The van der Waals surface area contributed by atoms with Crippen molar-refractivity contribution in [3.05, 3.63) is 268 Å². The summed E-state index contributed by atoms with van der Waals surface area (Å²) in [7, 11) is 0. The van der Waals surface area contributed by atoms with Crippen molar-refractivity contribution in [3.8, 4) is 0 Å². The monoisotopic (exact) mass is 1140 g/mol. The van der Waals surface area contributed by atoms with Gasteiger partial charge >= 0.3 is 0 Å². The Hall–Kier alpha value is -8.29. The van der Waals surface area contributed by atoms with Gasteiger partial charge in [0.1, 0.15) is 12.1 Å². The number of aromatic nitrogens is 1. The van der Waals surface area contributed by atoms with Crippen LogP contribution in [0.1, 0.15) is 168 Å². The molecule has 0 radical (unpaired) electrons. The van der Waals surface area contributed by atoms with Crippen molar-refractivity contribution in [3.63, 3.8) is 0 Å². The lowest BCUT2D eigenvalue weighted by Gasteiger charge is -2.22. The van der Waals surface area contributed by atoms with Crippen LogP contribution < -0.4 is 14.6 Å². The molecule has 438 valence electrons. The summed E-state index contributed by atoms with van der Waals surface area (Å²) < 4.78 is 2.32. The molecule has 0 atom stereocenters. The molecule has 8 bridgehead atoms. The number of unbranched alkanes of at least 4 members (excludes halogenated alkanes) is 17. The topological polar surface area (TPSA) is 63.0 Å². The highest BCUT2D eigenvalue weighted by molar-refractivity contribution is 6.37. The lowest BCUT2D eigenvalue weighted by Crippen LogP contribution is -2.71. The molecule has 8 heterocycles. The summed E-state index contributed by atoms with van der Waals surface area (Å²) in [6.07, 6.45) is 66.0. The van der Waals surface area contributed by atoms with Crippen LogP contribution in [0.2, 0.25) is 0 Å². The van der Waals surface area contributed by atoms with Crippen molar-refractivity contribution in [2.45, 2.75) is 156 Å². The van der Waals surface area contributed by atoms with Gasteiger partial charge in [0.2, 0.25) is 22.8 Å². The fraction of sp³-hybridized carbons (Fsp3) is 0.329. The Morgan fingerprint density at radius 2 is 0.721 bits per heavy atom. The van der Waals surface area contributed by atoms with Crippen molar-refractivity contribution in [2.75, 3.05) is 13.1 Å². The summed E-state index contributed by atoms with van der Waals surface area (Å²) in [5.41, 5.74) is 22.4. The standard InChI is InChI=1S/C79H88N7/c1-5-6-7-8-9-10-11-12-13-14-15-16-17-18-19-21-50-84-53-44-62(45-54-84)63-46-55-85(56-47-63)51-22-20-23-52-86-57-48-67(49-58-86)79-74-42-40-72(82-74)77(65-32-26-60(3)27-33-65)70-38-36-68(80-70)76(64-30-24-59(2)25-31-64)69-37-39-71(81-69)78(73-41-43-75(79)83-73)66-34-28-61(4)29-35-66/h24-49,53-58H,5-23,50-52H2,1-4H3/q+1/p+2. The molecule has 7 nitrogen and oxygen atoms in total. The zero-order valence-corrected chi connectivity index (χ0v) is 51.8. The maximum atomic E-state index is 5.54. The summed E-state index contributed by atoms with van der Waals surface area (Å²) in [6.45, 7) is 11.8. The fourth-order valence-corrected chi connectivity index (χ4v) is 12.6. The number of fused-ring (bicyclic) bond motifs is 4. The highest BCUT2D eigenvalue weighted by Gasteiger charge is 2.33. The predicted octanol–water partition coefficient (Wildman–Crippen LogP) is 15.5. The number of allylic oxidation sites excluding steroid dienone is 18. The molecule has 7 aliphatic rings. The summed E-state index contributed by atoms with van der Waals surface area (Å²) >= 11 is 0. The summed E-state index contributed by atoms with van der Waals surface area (Å²) in [6, 6.07) is 30.9. The molecule has 4 aromatic rings. The minimum Gasteiger partial charge on any atom is -0.354 e. The molecule has 7 heteroatoms. The Morgan fingerprint density at radius 1 is 0.349 bits per heavy atom. The largest absolute Gasteiger partial charge is 0.354 e. The first-order valence-corrected chi connectivity index (χ1v) is 32.7. The van der Waals surface area contributed by atoms with Crippen LogP contribution in [0.4, 0.5) is 0 Å². The van der Waals surface area contributed by atoms with Crippen LogP contribution in [0.25, 0.3) is 22.3 Å². The summed E-state index contributed by atoms with van der Waals surface area (Å²) in [5.74, 6) is 0. The van der Waals surface area contributed by atoms with Gasteiger partial charge in [0.05, 0.1) is 34.0 Å². The van der Waals surface area contributed by atoms with Gasteiger partial charge in [-0.1, -0.05) is 193 Å². The number of nitrogens with zero attached hydrogens (tertiary/aromatic N) is 5. The fourth-order valence-electron chi connectivity index (χ4n) is 12.6. The minimum atomic E-state index is 0.884. The maximum absolute atomic E-state index is 5.54. The van der Waals surface area contributed by atoms with Crippen LogP contribution in [0.5, 0.6) is 0 Å². The molecule has 0 fully saturated rings. The van der Waals surface area contributed by atoms with E-state index in [-0.39, 0.29) is 0 Å². The molecule has 86 heavy (non-hydrogen) atoms. The van der Waals surface area contributed by atoms with Crippen molar-refractivity contribution in [1.29, 1.82) is 0 Å². The van der Waals surface area contributed by atoms with Crippen LogP contribution in [-0.4, -0.2) is 45.7 Å². The molecular weight excluding hydrogens is 1050 g/mol. The molecule has 7 aliphatic heterocycles. The van der Waals surface area contributed by atoms with Crippen LogP contribution in [-0.2, 0) is 6.54 Å². The van der Waals surface area contributed by atoms with Gasteiger partial charge in [-0.05, 0) is 122 Å². The van der Waals surface area contributed by atoms with E-state index in [0.717, 1.165) is 129 Å². The molecule has 3 aromatic carbocycles. The van der Waals surface area contributed by atoms with E-state index < -0.39 is 0 Å². The number of aliphatic imine (C=N–C) groups is 2. The highest BCUT2D eigenvalue weighted by Crippen LogP contribution is 2.35. The normalized spacial score (nSPS) is 16.8. The van der Waals surface area contributed by atoms with E-state index in [9.17, 15) is 0 Å². The van der Waals surface area contributed by atoms with E-state index in [4.69, 9.17) is 9.98 Å². The summed E-state index contributed by atoms with van der Waals surface area (Å²) in [4.78, 5) is 23.6. The first kappa shape index (κ1) is 59.4. The number of pyridine rings is 1. The van der Waals surface area contributed by atoms with Crippen molar-refractivity contribution < 1.29 is 14.6 Å². The van der Waals surface area contributed by atoms with Crippen LogP contribution >= 0.6 is 0 Å².